The maximum Gasteiger partial charge on any atom is 0.272 e. The third kappa shape index (κ3) is 4.93. The number of methoxy groups -OCH3 is 1. The lowest BCUT2D eigenvalue weighted by molar-refractivity contribution is 0.0946. The Labute approximate surface area is 197 Å². The van der Waals surface area contributed by atoms with Crippen LogP contribution < -0.4 is 10.1 Å². The highest BCUT2D eigenvalue weighted by Gasteiger charge is 2.20. The molecule has 7 heteroatoms. The monoisotopic (exact) mass is 456 g/mol. The second-order valence-electron chi connectivity index (χ2n) is 7.87. The summed E-state index contributed by atoms with van der Waals surface area (Å²) in [6.45, 7) is 4.25. The van der Waals surface area contributed by atoms with Crippen LogP contribution in [0.1, 0.15) is 34.1 Å². The van der Waals surface area contributed by atoms with Crippen LogP contribution in [0, 0.1) is 12.7 Å². The maximum absolute atomic E-state index is 14.6. The van der Waals surface area contributed by atoms with Crippen molar-refractivity contribution in [2.75, 3.05) is 7.11 Å². The standard InChI is InChI=1S/C27H25FN4O2/c1-4-19-12-18(9-10-24(19)34-3)14-31-27(33)26-25(21-7-5-6-8-22(21)28)30-16-23(32-26)20-11-17(2)13-29-15-20/h5-13,15-16H,4,14H2,1-3H3,(H,31,33). The van der Waals surface area contributed by atoms with Gasteiger partial charge in [-0.25, -0.2) is 9.37 Å². The summed E-state index contributed by atoms with van der Waals surface area (Å²) < 4.78 is 20.0. The lowest BCUT2D eigenvalue weighted by atomic mass is 10.1. The number of nitrogens with zero attached hydrogens (tertiary/aromatic N) is 3. The number of nitrogens with one attached hydrogen (secondary N) is 1. The van der Waals surface area contributed by atoms with Crippen LogP contribution in [0.5, 0.6) is 5.75 Å². The summed E-state index contributed by atoms with van der Waals surface area (Å²) in [6.07, 6.45) is 5.73. The molecular formula is C27H25FN4O2. The van der Waals surface area contributed by atoms with Crippen LogP contribution >= 0.6 is 0 Å². The maximum atomic E-state index is 14.6. The number of aryl methyl sites for hydroxylation is 2. The van der Waals surface area contributed by atoms with Crippen molar-refractivity contribution < 1.29 is 13.9 Å². The van der Waals surface area contributed by atoms with Crippen LogP contribution in [-0.4, -0.2) is 28.0 Å². The second-order valence-corrected chi connectivity index (χ2v) is 7.87. The number of ether oxygens (including phenoxy) is 1. The first-order chi connectivity index (χ1) is 16.5. The molecule has 0 bridgehead atoms. The van der Waals surface area contributed by atoms with Crippen molar-refractivity contribution in [1.82, 2.24) is 20.3 Å². The van der Waals surface area contributed by atoms with Gasteiger partial charge in [0.2, 0.25) is 0 Å². The van der Waals surface area contributed by atoms with Crippen molar-refractivity contribution >= 4 is 5.91 Å². The Hall–Kier alpha value is -4.13. The van der Waals surface area contributed by atoms with E-state index in [4.69, 9.17) is 4.74 Å². The SMILES string of the molecule is CCc1cc(CNC(=O)c2nc(-c3cncc(C)c3)cnc2-c2ccccc2F)ccc1OC. The number of carbonyl (C=O) groups excluding carboxylic acids is 1. The molecule has 0 aliphatic rings. The van der Waals surface area contributed by atoms with Crippen molar-refractivity contribution in [2.24, 2.45) is 0 Å². The smallest absolute Gasteiger partial charge is 0.272 e. The Morgan fingerprint density at radius 1 is 1.09 bits per heavy atom. The van der Waals surface area contributed by atoms with Crippen LogP contribution in [0.4, 0.5) is 4.39 Å². The molecule has 0 spiro atoms. The zero-order valence-electron chi connectivity index (χ0n) is 19.3. The minimum absolute atomic E-state index is 0.0494. The van der Waals surface area contributed by atoms with Crippen LogP contribution in [0.2, 0.25) is 0 Å². The van der Waals surface area contributed by atoms with E-state index in [-0.39, 0.29) is 23.5 Å². The molecule has 0 radical (unpaired) electrons. The molecule has 0 saturated heterocycles. The van der Waals surface area contributed by atoms with Gasteiger partial charge in [-0.05, 0) is 54.3 Å². The molecule has 0 atom stereocenters. The van der Waals surface area contributed by atoms with Gasteiger partial charge in [-0.15, -0.1) is 0 Å². The van der Waals surface area contributed by atoms with E-state index >= 15 is 0 Å². The highest BCUT2D eigenvalue weighted by molar-refractivity contribution is 5.98. The van der Waals surface area contributed by atoms with Gasteiger partial charge >= 0.3 is 0 Å². The van der Waals surface area contributed by atoms with Gasteiger partial charge in [0, 0.05) is 30.1 Å². The van der Waals surface area contributed by atoms with Gasteiger partial charge < -0.3 is 10.1 Å². The van der Waals surface area contributed by atoms with Crippen LogP contribution in [-0.2, 0) is 13.0 Å². The molecule has 172 valence electrons. The highest BCUT2D eigenvalue weighted by Crippen LogP contribution is 2.26. The molecule has 0 unspecified atom stereocenters. The van der Waals surface area contributed by atoms with E-state index in [0.29, 0.717) is 5.69 Å². The van der Waals surface area contributed by atoms with Gasteiger partial charge in [-0.1, -0.05) is 31.2 Å². The van der Waals surface area contributed by atoms with Crippen molar-refractivity contribution in [3.05, 3.63) is 95.3 Å². The molecule has 0 aliphatic heterocycles. The van der Waals surface area contributed by atoms with Gasteiger partial charge in [-0.3, -0.25) is 14.8 Å². The first-order valence-electron chi connectivity index (χ1n) is 11.0. The molecule has 1 amide bonds. The Balaban J connectivity index is 1.69. The number of pyridine rings is 1. The lowest BCUT2D eigenvalue weighted by Crippen LogP contribution is -2.25. The first kappa shape index (κ1) is 23.0. The summed E-state index contributed by atoms with van der Waals surface area (Å²) in [5, 5.41) is 2.90. The first-order valence-corrected chi connectivity index (χ1v) is 11.0. The van der Waals surface area contributed by atoms with Crippen LogP contribution in [0.25, 0.3) is 22.5 Å². The highest BCUT2D eigenvalue weighted by atomic mass is 19.1. The lowest BCUT2D eigenvalue weighted by Gasteiger charge is -2.13. The number of hydrogen-bond acceptors (Lipinski definition) is 5. The van der Waals surface area contributed by atoms with Crippen molar-refractivity contribution in [3.8, 4) is 28.3 Å². The van der Waals surface area contributed by atoms with E-state index in [0.717, 1.165) is 34.4 Å². The molecule has 6 nitrogen and oxygen atoms in total. The van der Waals surface area contributed by atoms with E-state index in [1.54, 1.807) is 37.7 Å². The third-order valence-corrected chi connectivity index (χ3v) is 5.47. The molecule has 2 heterocycles. The predicted octanol–water partition coefficient (Wildman–Crippen LogP) is 5.15. The molecule has 0 saturated carbocycles. The van der Waals surface area contributed by atoms with E-state index in [9.17, 15) is 9.18 Å². The summed E-state index contributed by atoms with van der Waals surface area (Å²) in [5.74, 6) is -0.106. The third-order valence-electron chi connectivity index (χ3n) is 5.47. The molecule has 0 aliphatic carbocycles. The Bertz CT molecular complexity index is 1340. The average Bonchev–Trinajstić information content (AvgIpc) is 2.87. The van der Waals surface area contributed by atoms with Gasteiger partial charge in [0.25, 0.3) is 5.91 Å². The summed E-state index contributed by atoms with van der Waals surface area (Å²) in [4.78, 5) is 26.5. The zero-order chi connectivity index (χ0) is 24.1. The number of amides is 1. The molecule has 4 rings (SSSR count). The van der Waals surface area contributed by atoms with Gasteiger partial charge in [0.1, 0.15) is 17.3 Å². The van der Waals surface area contributed by atoms with Crippen molar-refractivity contribution in [3.63, 3.8) is 0 Å². The Kier molecular flexibility index (Phi) is 6.92. The van der Waals surface area contributed by atoms with E-state index in [2.05, 4.69) is 20.3 Å². The van der Waals surface area contributed by atoms with E-state index in [1.165, 1.54) is 12.3 Å². The fourth-order valence-electron chi connectivity index (χ4n) is 3.72. The molecule has 34 heavy (non-hydrogen) atoms. The summed E-state index contributed by atoms with van der Waals surface area (Å²) >= 11 is 0. The van der Waals surface area contributed by atoms with Crippen molar-refractivity contribution in [2.45, 2.75) is 26.8 Å². The molecule has 2 aromatic carbocycles. The van der Waals surface area contributed by atoms with E-state index in [1.807, 2.05) is 38.1 Å². The average molecular weight is 457 g/mol. The minimum atomic E-state index is -0.474. The predicted molar refractivity (Wildman–Crippen MR) is 129 cm³/mol. The molecule has 1 N–H and O–H groups in total. The van der Waals surface area contributed by atoms with Crippen LogP contribution in [0.15, 0.2) is 67.1 Å². The minimum Gasteiger partial charge on any atom is -0.496 e. The summed E-state index contributed by atoms with van der Waals surface area (Å²) in [6, 6.07) is 13.9. The number of benzene rings is 2. The normalized spacial score (nSPS) is 10.7. The Morgan fingerprint density at radius 3 is 2.65 bits per heavy atom. The topological polar surface area (TPSA) is 77.0 Å². The summed E-state index contributed by atoms with van der Waals surface area (Å²) in [5.41, 5.74) is 4.59. The largest absolute Gasteiger partial charge is 0.496 e. The number of rotatable bonds is 7. The number of aromatic nitrogens is 3. The molecule has 0 fully saturated rings. The van der Waals surface area contributed by atoms with Gasteiger partial charge in [0.05, 0.1) is 19.0 Å². The number of carbonyl (C=O) groups is 1. The zero-order valence-corrected chi connectivity index (χ0v) is 19.3. The quantitative estimate of drug-likeness (QED) is 0.416. The molecular weight excluding hydrogens is 431 g/mol. The molecule has 4 aromatic rings. The van der Waals surface area contributed by atoms with Crippen molar-refractivity contribution in [1.29, 1.82) is 0 Å². The second kappa shape index (κ2) is 10.2. The van der Waals surface area contributed by atoms with Gasteiger partial charge in [0.15, 0.2) is 5.69 Å². The molecule has 2 aromatic heterocycles. The number of halogens is 1. The van der Waals surface area contributed by atoms with Gasteiger partial charge in [-0.2, -0.15) is 0 Å². The fraction of sp³-hybridized carbons (Fsp3) is 0.185. The number of hydrogen-bond donors (Lipinski definition) is 1. The Morgan fingerprint density at radius 2 is 1.91 bits per heavy atom. The van der Waals surface area contributed by atoms with E-state index < -0.39 is 11.7 Å². The van der Waals surface area contributed by atoms with Crippen LogP contribution in [0.3, 0.4) is 0 Å². The fourth-order valence-corrected chi connectivity index (χ4v) is 3.72. The summed E-state index contributed by atoms with van der Waals surface area (Å²) in [7, 11) is 1.63.